The fourth-order valence-corrected chi connectivity index (χ4v) is 2.36. The van der Waals surface area contributed by atoms with Crippen molar-refractivity contribution in [2.24, 2.45) is 0 Å². The number of carbonyl (C=O) groups excluding carboxylic acids is 2. The van der Waals surface area contributed by atoms with E-state index in [0.29, 0.717) is 0 Å². The van der Waals surface area contributed by atoms with E-state index in [2.05, 4.69) is 14.6 Å². The van der Waals surface area contributed by atoms with E-state index in [0.717, 1.165) is 7.11 Å². The summed E-state index contributed by atoms with van der Waals surface area (Å²) in [5.74, 6) is -0.898. The van der Waals surface area contributed by atoms with Gasteiger partial charge in [-0.15, -0.1) is 0 Å². The molecule has 1 amide bonds. The van der Waals surface area contributed by atoms with E-state index in [-0.39, 0.29) is 13.0 Å². The van der Waals surface area contributed by atoms with Gasteiger partial charge in [0.2, 0.25) is 0 Å². The van der Waals surface area contributed by atoms with Crippen LogP contribution in [-0.4, -0.2) is 48.4 Å². The Balaban J connectivity index is 4.92. The van der Waals surface area contributed by atoms with Crippen LogP contribution >= 0.6 is 7.82 Å². The number of nitrogens with zero attached hydrogens (tertiary/aromatic N) is 1. The van der Waals surface area contributed by atoms with Crippen LogP contribution in [0.4, 0.5) is 4.79 Å². The van der Waals surface area contributed by atoms with Crippen LogP contribution in [0.1, 0.15) is 34.1 Å². The smallest absolute Gasteiger partial charge is 0.467 e. The summed E-state index contributed by atoms with van der Waals surface area (Å²) in [6, 6.07) is 0.333. The predicted molar refractivity (Wildman–Crippen MR) is 81.7 cm³/mol. The Morgan fingerprint density at radius 2 is 1.96 bits per heavy atom. The first-order valence-electron chi connectivity index (χ1n) is 7.02. The van der Waals surface area contributed by atoms with E-state index in [1.807, 2.05) is 0 Å². The molecule has 3 atom stereocenters. The molecule has 0 heterocycles. The number of nitriles is 1. The number of amides is 1. The van der Waals surface area contributed by atoms with Crippen molar-refractivity contribution >= 4 is 19.9 Å². The highest BCUT2D eigenvalue weighted by molar-refractivity contribution is 7.47. The first-order chi connectivity index (χ1) is 10.9. The molecule has 0 aliphatic rings. The summed E-state index contributed by atoms with van der Waals surface area (Å²) in [4.78, 5) is 33.1. The summed E-state index contributed by atoms with van der Waals surface area (Å²) in [6.45, 7) is 5.84. The minimum atomic E-state index is -4.52. The Hall–Kier alpha value is -1.66. The van der Waals surface area contributed by atoms with Crippen molar-refractivity contribution in [2.45, 2.75) is 51.9 Å². The average Bonchev–Trinajstić information content (AvgIpc) is 2.41. The minimum absolute atomic E-state index is 0.112. The zero-order chi connectivity index (χ0) is 19.0. The fraction of sp³-hybridized carbons (Fsp3) is 0.769. The van der Waals surface area contributed by atoms with Crippen LogP contribution < -0.4 is 5.32 Å². The third-order valence-electron chi connectivity index (χ3n) is 2.36. The van der Waals surface area contributed by atoms with Crippen LogP contribution in [0.3, 0.4) is 0 Å². The fourth-order valence-electron chi connectivity index (χ4n) is 1.44. The molecule has 10 nitrogen and oxygen atoms in total. The number of esters is 1. The number of ether oxygens (including phenoxy) is 2. The van der Waals surface area contributed by atoms with E-state index < -0.39 is 37.6 Å². The number of hydrogen-bond acceptors (Lipinski definition) is 8. The standard InChI is InChI=1S/C13H23N2O8P/c1-9(23-24(18,19)21-8-6-7-14)10(11(16)20-5)15-12(17)22-13(2,3)4/h9-10H,6,8H2,1-5H3,(H,15,17)(H,18,19). The summed E-state index contributed by atoms with van der Waals surface area (Å²) < 4.78 is 30.6. The highest BCUT2D eigenvalue weighted by Gasteiger charge is 2.35. The van der Waals surface area contributed by atoms with Gasteiger partial charge in [0.05, 0.1) is 32.3 Å². The van der Waals surface area contributed by atoms with E-state index in [9.17, 15) is 19.0 Å². The lowest BCUT2D eigenvalue weighted by molar-refractivity contribution is -0.145. The summed E-state index contributed by atoms with van der Waals surface area (Å²) in [7, 11) is -3.43. The van der Waals surface area contributed by atoms with E-state index in [1.54, 1.807) is 26.8 Å². The maximum atomic E-state index is 11.8. The minimum Gasteiger partial charge on any atom is -0.467 e. The first kappa shape index (κ1) is 22.3. The number of phosphoric ester groups is 1. The van der Waals surface area contributed by atoms with Gasteiger partial charge in [0.25, 0.3) is 0 Å². The normalized spacial score (nSPS) is 16.2. The van der Waals surface area contributed by atoms with Crippen LogP contribution in [-0.2, 0) is 27.9 Å². The molecule has 11 heteroatoms. The molecule has 138 valence electrons. The van der Waals surface area contributed by atoms with Crippen LogP contribution in [0.2, 0.25) is 0 Å². The topological polar surface area (TPSA) is 144 Å². The van der Waals surface area contributed by atoms with E-state index in [1.165, 1.54) is 6.92 Å². The van der Waals surface area contributed by atoms with Crippen molar-refractivity contribution < 1.29 is 37.6 Å². The molecule has 0 spiro atoms. The molecule has 0 saturated heterocycles. The lowest BCUT2D eigenvalue weighted by Gasteiger charge is -2.26. The van der Waals surface area contributed by atoms with Gasteiger partial charge in [-0.05, 0) is 27.7 Å². The third-order valence-corrected chi connectivity index (χ3v) is 3.47. The number of hydrogen-bond donors (Lipinski definition) is 2. The Kier molecular flexibility index (Phi) is 8.93. The largest absolute Gasteiger partial charge is 0.472 e. The second-order valence-corrected chi connectivity index (χ2v) is 7.07. The summed E-state index contributed by atoms with van der Waals surface area (Å²) in [5, 5.41) is 10.6. The molecule has 0 saturated carbocycles. The second-order valence-electron chi connectivity index (χ2n) is 5.67. The predicted octanol–water partition coefficient (Wildman–Crippen LogP) is 1.49. The molecule has 0 aliphatic carbocycles. The number of methoxy groups -OCH3 is 1. The third kappa shape index (κ3) is 9.47. The molecule has 24 heavy (non-hydrogen) atoms. The van der Waals surface area contributed by atoms with E-state index >= 15 is 0 Å². The van der Waals surface area contributed by atoms with Crippen molar-refractivity contribution in [3.63, 3.8) is 0 Å². The van der Waals surface area contributed by atoms with Gasteiger partial charge in [-0.2, -0.15) is 5.26 Å². The molecule has 2 N–H and O–H groups in total. The zero-order valence-corrected chi connectivity index (χ0v) is 15.2. The molecular weight excluding hydrogens is 343 g/mol. The van der Waals surface area contributed by atoms with Crippen molar-refractivity contribution in [1.82, 2.24) is 5.32 Å². The summed E-state index contributed by atoms with van der Waals surface area (Å²) >= 11 is 0. The van der Waals surface area contributed by atoms with Gasteiger partial charge in [-0.3, -0.25) is 9.05 Å². The molecule has 0 bridgehead atoms. The maximum absolute atomic E-state index is 11.8. The number of rotatable bonds is 8. The van der Waals surface area contributed by atoms with Gasteiger partial charge < -0.3 is 19.7 Å². The Morgan fingerprint density at radius 1 is 1.38 bits per heavy atom. The van der Waals surface area contributed by atoms with Gasteiger partial charge in [0, 0.05) is 0 Å². The number of phosphoric acid groups is 1. The molecule has 0 aliphatic heterocycles. The van der Waals surface area contributed by atoms with Gasteiger partial charge >= 0.3 is 19.9 Å². The van der Waals surface area contributed by atoms with Crippen molar-refractivity contribution in [3.8, 4) is 6.07 Å². The van der Waals surface area contributed by atoms with Crippen molar-refractivity contribution in [2.75, 3.05) is 13.7 Å². The SMILES string of the molecule is COC(=O)C(NC(=O)OC(C)(C)C)C(C)OP(=O)(O)OCCC#N. The highest BCUT2D eigenvalue weighted by atomic mass is 31.2. The molecule has 0 radical (unpaired) electrons. The van der Waals surface area contributed by atoms with Crippen molar-refractivity contribution in [1.29, 1.82) is 5.26 Å². The highest BCUT2D eigenvalue weighted by Crippen LogP contribution is 2.45. The quantitative estimate of drug-likeness (QED) is 0.371. The maximum Gasteiger partial charge on any atom is 0.472 e. The van der Waals surface area contributed by atoms with Gasteiger partial charge in [0.1, 0.15) is 5.60 Å². The first-order valence-corrected chi connectivity index (χ1v) is 8.51. The van der Waals surface area contributed by atoms with Crippen LogP contribution in [0, 0.1) is 11.3 Å². The number of nitrogens with one attached hydrogen (secondary N) is 1. The van der Waals surface area contributed by atoms with Crippen LogP contribution in [0.15, 0.2) is 0 Å². The van der Waals surface area contributed by atoms with Gasteiger partial charge in [-0.1, -0.05) is 0 Å². The molecule has 3 unspecified atom stereocenters. The summed E-state index contributed by atoms with van der Waals surface area (Å²) in [5.41, 5.74) is -0.804. The van der Waals surface area contributed by atoms with Gasteiger partial charge in [-0.25, -0.2) is 14.2 Å². The summed E-state index contributed by atoms with van der Waals surface area (Å²) in [6.07, 6.45) is -2.30. The lowest BCUT2D eigenvalue weighted by Crippen LogP contribution is -2.50. The van der Waals surface area contributed by atoms with Crippen LogP contribution in [0.5, 0.6) is 0 Å². The van der Waals surface area contributed by atoms with E-state index in [4.69, 9.17) is 14.5 Å². The lowest BCUT2D eigenvalue weighted by atomic mass is 10.2. The van der Waals surface area contributed by atoms with Gasteiger partial charge in [0.15, 0.2) is 6.04 Å². The van der Waals surface area contributed by atoms with Crippen molar-refractivity contribution in [3.05, 3.63) is 0 Å². The Bertz CT molecular complexity index is 525. The number of alkyl carbamates (subject to hydrolysis) is 1. The van der Waals surface area contributed by atoms with Crippen LogP contribution in [0.25, 0.3) is 0 Å². The average molecular weight is 366 g/mol. The second kappa shape index (κ2) is 9.59. The molecule has 0 aromatic carbocycles. The monoisotopic (exact) mass is 366 g/mol. The Morgan fingerprint density at radius 3 is 2.42 bits per heavy atom. The molecule has 0 aromatic heterocycles. The molecule has 0 fully saturated rings. The molecule has 0 aromatic rings. The Labute approximate surface area is 140 Å². The molecular formula is C13H23N2O8P. The molecule has 0 rings (SSSR count). The number of carbonyl (C=O) groups is 2. The zero-order valence-electron chi connectivity index (χ0n) is 14.3.